The van der Waals surface area contributed by atoms with Crippen LogP contribution in [0.1, 0.15) is 60.4 Å². The Labute approximate surface area is 213 Å². The van der Waals surface area contributed by atoms with Crippen LogP contribution in [0.3, 0.4) is 0 Å². The number of benzene rings is 2. The van der Waals surface area contributed by atoms with Gasteiger partial charge in [0.05, 0.1) is 18.7 Å². The van der Waals surface area contributed by atoms with Crippen LogP contribution in [0, 0.1) is 0 Å². The number of hydrogen-bond donors (Lipinski definition) is 1. The molecule has 186 valence electrons. The van der Waals surface area contributed by atoms with Gasteiger partial charge in [-0.05, 0) is 59.2 Å². The number of thiophene rings is 1. The third-order valence-electron chi connectivity index (χ3n) is 6.79. The summed E-state index contributed by atoms with van der Waals surface area (Å²) in [6, 6.07) is 19.9. The van der Waals surface area contributed by atoms with Crippen LogP contribution in [-0.4, -0.2) is 53.6 Å². The number of ether oxygens (including phenoxy) is 1. The van der Waals surface area contributed by atoms with Crippen molar-refractivity contribution in [2.24, 2.45) is 0 Å². The van der Waals surface area contributed by atoms with E-state index in [4.69, 9.17) is 4.74 Å². The molecule has 0 fully saturated rings. The van der Waals surface area contributed by atoms with Gasteiger partial charge < -0.3 is 14.7 Å². The van der Waals surface area contributed by atoms with Crippen LogP contribution in [0.2, 0.25) is 0 Å². The molecule has 0 unspecified atom stereocenters. The Kier molecular flexibility index (Phi) is 8.60. The molecular formula is C29H36N2O3S. The van der Waals surface area contributed by atoms with Gasteiger partial charge in [0.25, 0.3) is 0 Å². The zero-order chi connectivity index (χ0) is 24.8. The lowest BCUT2D eigenvalue weighted by atomic mass is 10.00. The van der Waals surface area contributed by atoms with Crippen molar-refractivity contribution < 1.29 is 14.6 Å². The summed E-state index contributed by atoms with van der Waals surface area (Å²) in [7, 11) is 0. The molecule has 2 aromatic carbocycles. The molecule has 1 aliphatic rings. The van der Waals surface area contributed by atoms with Crippen LogP contribution in [0.15, 0.2) is 66.0 Å². The molecule has 0 spiro atoms. The molecule has 3 aromatic rings. The summed E-state index contributed by atoms with van der Waals surface area (Å²) in [5, 5.41) is 12.8. The third kappa shape index (κ3) is 6.31. The molecule has 2 heterocycles. The smallest absolute Gasteiger partial charge is 0.237 e. The number of aliphatic hydroxyl groups is 1. The lowest BCUT2D eigenvalue weighted by Gasteiger charge is -2.37. The van der Waals surface area contributed by atoms with E-state index in [9.17, 15) is 9.90 Å². The number of likely N-dealkylation sites (N-methyl/N-ethyl adjacent to an activating group) is 1. The van der Waals surface area contributed by atoms with Crippen molar-refractivity contribution in [1.29, 1.82) is 0 Å². The molecule has 2 atom stereocenters. The van der Waals surface area contributed by atoms with Crippen LogP contribution in [-0.2, 0) is 11.2 Å². The van der Waals surface area contributed by atoms with Gasteiger partial charge in [-0.1, -0.05) is 63.2 Å². The van der Waals surface area contributed by atoms with Crippen LogP contribution < -0.4 is 4.74 Å². The zero-order valence-corrected chi connectivity index (χ0v) is 21.7. The second kappa shape index (κ2) is 11.8. The molecule has 0 saturated carbocycles. The standard InChI is InChI=1S/C29H36N2O3S/c1-4-30(18-27(32)23-8-6-5-7-9-23)19-29(33)31-16-14-28-25(15-17-35-28)26(31)20-34-24-12-10-22(11-13-24)21(2)3/h5-13,15,17,21,26-27,32H,4,14,16,18-20H2,1-3H3/t26-,27-/m1/s1. The SMILES string of the molecule is CCN(CC(=O)N1CCc2sccc2[C@H]1COc1ccc(C(C)C)cc1)C[C@@H](O)c1ccccc1. The van der Waals surface area contributed by atoms with Crippen molar-refractivity contribution in [2.75, 3.05) is 32.8 Å². The topological polar surface area (TPSA) is 53.0 Å². The zero-order valence-electron chi connectivity index (χ0n) is 20.9. The van der Waals surface area contributed by atoms with Crippen LogP contribution in [0.4, 0.5) is 0 Å². The highest BCUT2D eigenvalue weighted by molar-refractivity contribution is 7.10. The molecule has 1 aromatic heterocycles. The number of rotatable bonds is 10. The molecule has 1 N–H and O–H groups in total. The largest absolute Gasteiger partial charge is 0.491 e. The van der Waals surface area contributed by atoms with E-state index >= 15 is 0 Å². The number of carbonyl (C=O) groups excluding carboxylic acids is 1. The van der Waals surface area contributed by atoms with E-state index in [2.05, 4.69) is 37.4 Å². The molecule has 5 nitrogen and oxygen atoms in total. The molecule has 0 saturated heterocycles. The molecule has 1 aliphatic heterocycles. The van der Waals surface area contributed by atoms with E-state index in [-0.39, 0.29) is 18.5 Å². The fourth-order valence-corrected chi connectivity index (χ4v) is 5.54. The van der Waals surface area contributed by atoms with Crippen molar-refractivity contribution in [3.8, 4) is 5.75 Å². The molecule has 0 bridgehead atoms. The lowest BCUT2D eigenvalue weighted by molar-refractivity contribution is -0.136. The first-order valence-electron chi connectivity index (χ1n) is 12.5. The molecule has 6 heteroatoms. The van der Waals surface area contributed by atoms with Gasteiger partial charge in [-0.2, -0.15) is 0 Å². The number of hydrogen-bond acceptors (Lipinski definition) is 5. The molecular weight excluding hydrogens is 456 g/mol. The molecule has 0 aliphatic carbocycles. The minimum Gasteiger partial charge on any atom is -0.491 e. The number of aliphatic hydroxyl groups excluding tert-OH is 1. The summed E-state index contributed by atoms with van der Waals surface area (Å²) < 4.78 is 6.20. The summed E-state index contributed by atoms with van der Waals surface area (Å²) in [6.45, 7) is 8.89. The fraction of sp³-hybridized carbons (Fsp3) is 0.414. The summed E-state index contributed by atoms with van der Waals surface area (Å²) in [6.07, 6.45) is 0.249. The number of fused-ring (bicyclic) bond motifs is 1. The predicted molar refractivity (Wildman–Crippen MR) is 142 cm³/mol. The van der Waals surface area contributed by atoms with Gasteiger partial charge in [0, 0.05) is 18.0 Å². The van der Waals surface area contributed by atoms with Gasteiger partial charge in [0.2, 0.25) is 5.91 Å². The average molecular weight is 493 g/mol. The summed E-state index contributed by atoms with van der Waals surface area (Å²) in [5.74, 6) is 1.38. The van der Waals surface area contributed by atoms with E-state index in [0.29, 0.717) is 32.2 Å². The Balaban J connectivity index is 1.43. The van der Waals surface area contributed by atoms with Gasteiger partial charge in [0.1, 0.15) is 12.4 Å². The maximum Gasteiger partial charge on any atom is 0.237 e. The Hall–Kier alpha value is -2.67. The van der Waals surface area contributed by atoms with E-state index in [1.165, 1.54) is 16.0 Å². The highest BCUT2D eigenvalue weighted by Gasteiger charge is 2.33. The van der Waals surface area contributed by atoms with E-state index in [0.717, 1.165) is 17.7 Å². The van der Waals surface area contributed by atoms with Crippen LogP contribution in [0.25, 0.3) is 0 Å². The second-order valence-corrected chi connectivity index (χ2v) is 10.4. The Morgan fingerprint density at radius 1 is 1.11 bits per heavy atom. The van der Waals surface area contributed by atoms with E-state index < -0.39 is 6.10 Å². The van der Waals surface area contributed by atoms with Crippen molar-refractivity contribution in [3.63, 3.8) is 0 Å². The highest BCUT2D eigenvalue weighted by Crippen LogP contribution is 2.34. The minimum absolute atomic E-state index is 0.0766. The quantitative estimate of drug-likeness (QED) is 0.410. The van der Waals surface area contributed by atoms with Crippen molar-refractivity contribution >= 4 is 17.2 Å². The van der Waals surface area contributed by atoms with E-state index in [1.54, 1.807) is 11.3 Å². The van der Waals surface area contributed by atoms with Gasteiger partial charge in [-0.25, -0.2) is 0 Å². The second-order valence-electron chi connectivity index (χ2n) is 9.44. The summed E-state index contributed by atoms with van der Waals surface area (Å²) in [4.78, 5) is 18.8. The fourth-order valence-electron chi connectivity index (χ4n) is 4.61. The molecule has 0 radical (unpaired) electrons. The Morgan fingerprint density at radius 2 is 1.86 bits per heavy atom. The Morgan fingerprint density at radius 3 is 2.54 bits per heavy atom. The average Bonchev–Trinajstić information content (AvgIpc) is 3.36. The molecule has 35 heavy (non-hydrogen) atoms. The molecule has 4 rings (SSSR count). The van der Waals surface area contributed by atoms with Gasteiger partial charge >= 0.3 is 0 Å². The lowest BCUT2D eigenvalue weighted by Crippen LogP contribution is -2.47. The summed E-state index contributed by atoms with van der Waals surface area (Å²) >= 11 is 1.76. The van der Waals surface area contributed by atoms with Crippen molar-refractivity contribution in [3.05, 3.63) is 87.6 Å². The predicted octanol–water partition coefficient (Wildman–Crippen LogP) is 5.43. The number of amides is 1. The van der Waals surface area contributed by atoms with Crippen molar-refractivity contribution in [1.82, 2.24) is 9.80 Å². The highest BCUT2D eigenvalue weighted by atomic mass is 32.1. The first kappa shape index (κ1) is 25.4. The van der Waals surface area contributed by atoms with Gasteiger partial charge in [-0.3, -0.25) is 9.69 Å². The number of nitrogens with zero attached hydrogens (tertiary/aromatic N) is 2. The van der Waals surface area contributed by atoms with Gasteiger partial charge in [0.15, 0.2) is 0 Å². The monoisotopic (exact) mass is 492 g/mol. The molecule has 1 amide bonds. The third-order valence-corrected chi connectivity index (χ3v) is 7.79. The number of carbonyl (C=O) groups is 1. The van der Waals surface area contributed by atoms with Gasteiger partial charge in [-0.15, -0.1) is 11.3 Å². The van der Waals surface area contributed by atoms with Crippen molar-refractivity contribution in [2.45, 2.75) is 45.3 Å². The first-order chi connectivity index (χ1) is 17.0. The minimum atomic E-state index is -0.623. The van der Waals surface area contributed by atoms with Crippen LogP contribution in [0.5, 0.6) is 5.75 Å². The Bertz CT molecular complexity index is 1080. The maximum absolute atomic E-state index is 13.5. The summed E-state index contributed by atoms with van der Waals surface area (Å²) in [5.41, 5.74) is 3.35. The first-order valence-corrected chi connectivity index (χ1v) is 13.4. The normalized spacial score (nSPS) is 16.4. The maximum atomic E-state index is 13.5. The van der Waals surface area contributed by atoms with E-state index in [1.807, 2.05) is 59.2 Å². The van der Waals surface area contributed by atoms with Crippen LogP contribution >= 0.6 is 11.3 Å².